The third-order valence-electron chi connectivity index (χ3n) is 5.95. The maximum absolute atomic E-state index is 12.7. The third-order valence-corrected chi connectivity index (χ3v) is 5.95. The van der Waals surface area contributed by atoms with Crippen molar-refractivity contribution in [1.82, 2.24) is 0 Å². The van der Waals surface area contributed by atoms with Gasteiger partial charge in [-0.1, -0.05) is 12.1 Å². The normalized spacial score (nSPS) is 23.6. The zero-order valence-electron chi connectivity index (χ0n) is 17.5. The number of carbonyl (C=O) groups excluding carboxylic acids is 1. The van der Waals surface area contributed by atoms with Crippen molar-refractivity contribution in [3.05, 3.63) is 29.3 Å². The lowest BCUT2D eigenvalue weighted by molar-refractivity contribution is -0.178. The van der Waals surface area contributed by atoms with Gasteiger partial charge in [0.1, 0.15) is 11.4 Å². The third kappa shape index (κ3) is 4.06. The fourth-order valence-electron chi connectivity index (χ4n) is 4.26. The van der Waals surface area contributed by atoms with Crippen LogP contribution in [0.1, 0.15) is 76.3 Å². The van der Waals surface area contributed by atoms with Crippen LogP contribution in [0.4, 0.5) is 0 Å². The second-order valence-corrected chi connectivity index (χ2v) is 9.52. The number of ether oxygens (including phenoxy) is 4. The predicted molar refractivity (Wildman–Crippen MR) is 105 cm³/mol. The van der Waals surface area contributed by atoms with Gasteiger partial charge in [0.2, 0.25) is 5.60 Å². The number of esters is 1. The van der Waals surface area contributed by atoms with Gasteiger partial charge in [0.15, 0.2) is 5.79 Å². The van der Waals surface area contributed by atoms with Crippen molar-refractivity contribution in [1.29, 1.82) is 0 Å². The van der Waals surface area contributed by atoms with Crippen LogP contribution in [-0.4, -0.2) is 36.2 Å². The van der Waals surface area contributed by atoms with Crippen molar-refractivity contribution < 1.29 is 23.7 Å². The van der Waals surface area contributed by atoms with E-state index in [0.29, 0.717) is 32.0 Å². The molecule has 4 rings (SSSR count). The molecule has 1 aromatic rings. The first-order chi connectivity index (χ1) is 13.2. The number of hydrogen-bond donors (Lipinski definition) is 0. The minimum Gasteiger partial charge on any atom is -0.475 e. The summed E-state index contributed by atoms with van der Waals surface area (Å²) in [6, 6.07) is 6.35. The van der Waals surface area contributed by atoms with Crippen LogP contribution in [0.25, 0.3) is 0 Å². The zero-order chi connectivity index (χ0) is 20.0. The molecule has 1 spiro atoms. The summed E-state index contributed by atoms with van der Waals surface area (Å²) in [5.41, 5.74) is 0.996. The molecule has 0 bridgehead atoms. The van der Waals surface area contributed by atoms with Crippen LogP contribution >= 0.6 is 0 Å². The van der Waals surface area contributed by atoms with Crippen LogP contribution in [0.5, 0.6) is 5.75 Å². The summed E-state index contributed by atoms with van der Waals surface area (Å²) in [5.74, 6) is 0.611. The molecule has 1 aromatic carbocycles. The van der Waals surface area contributed by atoms with Crippen molar-refractivity contribution in [2.75, 3.05) is 13.2 Å². The first-order valence-electron chi connectivity index (χ1n) is 10.5. The quantitative estimate of drug-likeness (QED) is 0.703. The van der Waals surface area contributed by atoms with E-state index in [4.69, 9.17) is 18.9 Å². The van der Waals surface area contributed by atoms with Crippen LogP contribution < -0.4 is 4.74 Å². The maximum Gasteiger partial charge on any atom is 0.351 e. The first kappa shape index (κ1) is 19.7. The second kappa shape index (κ2) is 7.03. The molecular formula is C23H32O5. The molecule has 0 unspecified atom stereocenters. The SMILES string of the molecule is Cc1ccc(C2CCC3(CC2)OCCO3)c(OC2(C(=O)OC(C)(C)C)CC2)c1. The van der Waals surface area contributed by atoms with Crippen molar-refractivity contribution in [3.8, 4) is 5.75 Å². The summed E-state index contributed by atoms with van der Waals surface area (Å²) in [6.45, 7) is 9.13. The summed E-state index contributed by atoms with van der Waals surface area (Å²) >= 11 is 0. The Labute approximate surface area is 167 Å². The minimum atomic E-state index is -0.816. The standard InChI is InChI=1S/C23H32O5/c1-16-5-6-18(17-7-9-23(10-8-17)25-13-14-26-23)19(15-16)27-22(11-12-22)20(24)28-21(2,3)4/h5-6,15,17H,7-14H2,1-4H3. The summed E-state index contributed by atoms with van der Waals surface area (Å²) in [7, 11) is 0. The van der Waals surface area contributed by atoms with Gasteiger partial charge in [0.25, 0.3) is 0 Å². The van der Waals surface area contributed by atoms with E-state index >= 15 is 0 Å². The predicted octanol–water partition coefficient (Wildman–Crippen LogP) is 4.65. The van der Waals surface area contributed by atoms with Crippen molar-refractivity contribution in [2.24, 2.45) is 0 Å². The van der Waals surface area contributed by atoms with Crippen LogP contribution in [0.3, 0.4) is 0 Å². The molecule has 2 aliphatic carbocycles. The Morgan fingerprint density at radius 3 is 2.29 bits per heavy atom. The minimum absolute atomic E-state index is 0.247. The Morgan fingerprint density at radius 1 is 1.07 bits per heavy atom. The highest BCUT2D eigenvalue weighted by Crippen LogP contribution is 2.48. The van der Waals surface area contributed by atoms with Gasteiger partial charge in [0.05, 0.1) is 13.2 Å². The number of rotatable bonds is 4. The van der Waals surface area contributed by atoms with Gasteiger partial charge >= 0.3 is 5.97 Å². The number of benzene rings is 1. The zero-order valence-corrected chi connectivity index (χ0v) is 17.5. The summed E-state index contributed by atoms with van der Waals surface area (Å²) in [4.78, 5) is 12.7. The Hall–Kier alpha value is -1.59. The molecule has 2 saturated carbocycles. The first-order valence-corrected chi connectivity index (χ1v) is 10.5. The highest BCUT2D eigenvalue weighted by atomic mass is 16.7. The molecule has 0 N–H and O–H groups in total. The molecule has 1 aliphatic heterocycles. The van der Waals surface area contributed by atoms with Gasteiger partial charge in [0, 0.05) is 25.7 Å². The highest BCUT2D eigenvalue weighted by molar-refractivity contribution is 5.83. The van der Waals surface area contributed by atoms with E-state index in [9.17, 15) is 4.79 Å². The molecule has 0 radical (unpaired) electrons. The van der Waals surface area contributed by atoms with E-state index in [-0.39, 0.29) is 11.8 Å². The number of hydrogen-bond acceptors (Lipinski definition) is 5. The lowest BCUT2D eigenvalue weighted by Gasteiger charge is -2.36. The second-order valence-electron chi connectivity index (χ2n) is 9.52. The Balaban J connectivity index is 1.51. The molecule has 0 amide bonds. The Bertz CT molecular complexity index is 728. The average molecular weight is 389 g/mol. The molecule has 5 nitrogen and oxygen atoms in total. The van der Waals surface area contributed by atoms with Crippen molar-refractivity contribution >= 4 is 5.97 Å². The number of carbonyl (C=O) groups is 1. The molecule has 0 aromatic heterocycles. The summed E-state index contributed by atoms with van der Waals surface area (Å²) < 4.78 is 23.7. The molecule has 5 heteroatoms. The van der Waals surface area contributed by atoms with E-state index < -0.39 is 11.2 Å². The summed E-state index contributed by atoms with van der Waals surface area (Å²) in [5, 5.41) is 0. The Kier molecular flexibility index (Phi) is 4.95. The topological polar surface area (TPSA) is 54.0 Å². The average Bonchev–Trinajstić information content (AvgIpc) is 3.27. The van der Waals surface area contributed by atoms with E-state index in [1.165, 1.54) is 5.56 Å². The molecule has 1 saturated heterocycles. The highest BCUT2D eigenvalue weighted by Gasteiger charge is 2.56. The fraction of sp³-hybridized carbons (Fsp3) is 0.696. The molecule has 28 heavy (non-hydrogen) atoms. The van der Waals surface area contributed by atoms with Crippen molar-refractivity contribution in [2.45, 2.75) is 89.1 Å². The van der Waals surface area contributed by atoms with E-state index in [2.05, 4.69) is 25.1 Å². The maximum atomic E-state index is 12.7. The number of aryl methyl sites for hydroxylation is 1. The van der Waals surface area contributed by atoms with Gasteiger partial charge < -0.3 is 18.9 Å². The molecule has 154 valence electrons. The summed E-state index contributed by atoms with van der Waals surface area (Å²) in [6.07, 6.45) is 5.23. The molecule has 0 atom stereocenters. The largest absolute Gasteiger partial charge is 0.475 e. The van der Waals surface area contributed by atoms with Gasteiger partial charge in [-0.3, -0.25) is 0 Å². The van der Waals surface area contributed by atoms with Gasteiger partial charge in [-0.2, -0.15) is 0 Å². The van der Waals surface area contributed by atoms with Crippen LogP contribution in [0.15, 0.2) is 18.2 Å². The van der Waals surface area contributed by atoms with E-state index in [0.717, 1.165) is 37.0 Å². The Morgan fingerprint density at radius 2 is 1.71 bits per heavy atom. The monoisotopic (exact) mass is 388 g/mol. The van der Waals surface area contributed by atoms with Crippen molar-refractivity contribution in [3.63, 3.8) is 0 Å². The molecule has 3 aliphatic rings. The van der Waals surface area contributed by atoms with Gasteiger partial charge in [-0.25, -0.2) is 4.79 Å². The van der Waals surface area contributed by atoms with E-state index in [1.807, 2.05) is 20.8 Å². The van der Waals surface area contributed by atoms with Crippen LogP contribution in [0.2, 0.25) is 0 Å². The molecular weight excluding hydrogens is 356 g/mol. The van der Waals surface area contributed by atoms with Gasteiger partial charge in [-0.05, 0) is 63.6 Å². The van der Waals surface area contributed by atoms with E-state index in [1.54, 1.807) is 0 Å². The smallest absolute Gasteiger partial charge is 0.351 e. The van der Waals surface area contributed by atoms with Gasteiger partial charge in [-0.15, -0.1) is 0 Å². The molecule has 1 heterocycles. The fourth-order valence-corrected chi connectivity index (χ4v) is 4.26. The van der Waals surface area contributed by atoms with Crippen LogP contribution in [-0.2, 0) is 19.0 Å². The lowest BCUT2D eigenvalue weighted by Crippen LogP contribution is -2.37. The molecule has 3 fully saturated rings. The van der Waals surface area contributed by atoms with Crippen LogP contribution in [0, 0.1) is 6.92 Å². The lowest BCUT2D eigenvalue weighted by atomic mass is 9.80.